The molecule has 2 aromatic heterocycles. The lowest BCUT2D eigenvalue weighted by molar-refractivity contribution is 0.357. The van der Waals surface area contributed by atoms with Crippen LogP contribution in [0.4, 0.5) is 11.6 Å². The molecule has 1 N–H and O–H groups in total. The number of benzene rings is 2. The summed E-state index contributed by atoms with van der Waals surface area (Å²) in [6, 6.07) is 12.8. The summed E-state index contributed by atoms with van der Waals surface area (Å²) < 4.78 is 7.08. The maximum Gasteiger partial charge on any atom is 0.259 e. The fourth-order valence-corrected chi connectivity index (χ4v) is 4.22. The van der Waals surface area contributed by atoms with E-state index in [-0.39, 0.29) is 5.56 Å². The second kappa shape index (κ2) is 7.31. The zero-order chi connectivity index (χ0) is 20.8. The summed E-state index contributed by atoms with van der Waals surface area (Å²) in [5.41, 5.74) is 3.17. The van der Waals surface area contributed by atoms with E-state index in [1.54, 1.807) is 37.5 Å². The number of hydrogen-bond acceptors (Lipinski definition) is 5. The molecule has 0 unspecified atom stereocenters. The molecule has 0 fully saturated rings. The van der Waals surface area contributed by atoms with E-state index in [1.165, 1.54) is 10.1 Å². The molecule has 5 rings (SSSR count). The number of aryl methyl sites for hydroxylation is 1. The van der Waals surface area contributed by atoms with Crippen LogP contribution in [-0.2, 0) is 13.5 Å². The van der Waals surface area contributed by atoms with E-state index in [4.69, 9.17) is 27.9 Å². The summed E-state index contributed by atoms with van der Waals surface area (Å²) in [7, 11) is 1.67. The summed E-state index contributed by atoms with van der Waals surface area (Å²) in [5, 5.41) is 4.70. The van der Waals surface area contributed by atoms with Crippen LogP contribution in [0.3, 0.4) is 0 Å². The fourth-order valence-electron chi connectivity index (χ4n) is 3.61. The summed E-state index contributed by atoms with van der Waals surface area (Å²) in [6.45, 7) is 0.700. The predicted molar refractivity (Wildman–Crippen MR) is 119 cm³/mol. The van der Waals surface area contributed by atoms with Crippen molar-refractivity contribution in [1.82, 2.24) is 14.5 Å². The number of nitrogens with one attached hydrogen (secondary N) is 1. The van der Waals surface area contributed by atoms with Crippen molar-refractivity contribution in [2.24, 2.45) is 7.05 Å². The van der Waals surface area contributed by atoms with E-state index in [9.17, 15) is 4.79 Å². The Morgan fingerprint density at radius 1 is 1.13 bits per heavy atom. The maximum absolute atomic E-state index is 13.0. The average molecular weight is 439 g/mol. The first kappa shape index (κ1) is 18.9. The molecule has 0 amide bonds. The van der Waals surface area contributed by atoms with Crippen molar-refractivity contribution in [1.29, 1.82) is 0 Å². The third-order valence-corrected chi connectivity index (χ3v) is 5.76. The van der Waals surface area contributed by atoms with Crippen LogP contribution >= 0.6 is 23.2 Å². The Hall–Kier alpha value is -3.09. The number of halogens is 2. The molecule has 3 heterocycles. The minimum absolute atomic E-state index is 0.243. The molecular formula is C22H16Cl2N4O2. The molecule has 4 aromatic rings. The van der Waals surface area contributed by atoms with Gasteiger partial charge in [-0.25, -0.2) is 4.98 Å². The van der Waals surface area contributed by atoms with Crippen LogP contribution in [0, 0.1) is 0 Å². The Bertz CT molecular complexity index is 1350. The molecule has 0 atom stereocenters. The van der Waals surface area contributed by atoms with Crippen LogP contribution in [0.25, 0.3) is 22.2 Å². The monoisotopic (exact) mass is 438 g/mol. The first-order chi connectivity index (χ1) is 14.5. The average Bonchev–Trinajstić information content (AvgIpc) is 3.20. The van der Waals surface area contributed by atoms with Crippen molar-refractivity contribution in [2.45, 2.75) is 6.42 Å². The van der Waals surface area contributed by atoms with E-state index in [0.29, 0.717) is 44.8 Å². The van der Waals surface area contributed by atoms with Gasteiger partial charge in [-0.3, -0.25) is 9.36 Å². The van der Waals surface area contributed by atoms with E-state index in [0.717, 1.165) is 17.9 Å². The summed E-state index contributed by atoms with van der Waals surface area (Å²) in [5.74, 6) is 1.26. The minimum Gasteiger partial charge on any atom is -0.493 e. The van der Waals surface area contributed by atoms with E-state index in [1.807, 2.05) is 18.2 Å². The molecule has 0 saturated carbocycles. The molecule has 0 aliphatic carbocycles. The van der Waals surface area contributed by atoms with Crippen molar-refractivity contribution in [3.05, 3.63) is 74.6 Å². The lowest BCUT2D eigenvalue weighted by Crippen LogP contribution is -2.20. The van der Waals surface area contributed by atoms with Gasteiger partial charge in [0.25, 0.3) is 5.56 Å². The van der Waals surface area contributed by atoms with Crippen molar-refractivity contribution < 1.29 is 4.74 Å². The molecule has 8 heteroatoms. The number of rotatable bonds is 3. The molecule has 6 nitrogen and oxygen atoms in total. The smallest absolute Gasteiger partial charge is 0.259 e. The summed E-state index contributed by atoms with van der Waals surface area (Å²) in [6.07, 6.45) is 2.59. The third kappa shape index (κ3) is 3.18. The molecule has 0 radical (unpaired) electrons. The molecule has 0 bridgehead atoms. The van der Waals surface area contributed by atoms with Gasteiger partial charge in [-0.1, -0.05) is 35.3 Å². The number of nitrogens with zero attached hydrogens (tertiary/aromatic N) is 3. The van der Waals surface area contributed by atoms with Gasteiger partial charge < -0.3 is 10.1 Å². The van der Waals surface area contributed by atoms with Crippen molar-refractivity contribution >= 4 is 45.9 Å². The minimum atomic E-state index is -0.243. The van der Waals surface area contributed by atoms with Gasteiger partial charge >= 0.3 is 0 Å². The molecule has 0 spiro atoms. The van der Waals surface area contributed by atoms with Crippen molar-refractivity contribution in [3.63, 3.8) is 0 Å². The first-order valence-corrected chi connectivity index (χ1v) is 10.1. The number of fused-ring (bicyclic) bond motifs is 2. The molecule has 2 aromatic carbocycles. The van der Waals surface area contributed by atoms with E-state index in [2.05, 4.69) is 15.3 Å². The summed E-state index contributed by atoms with van der Waals surface area (Å²) >= 11 is 12.6. The van der Waals surface area contributed by atoms with Gasteiger partial charge in [0.1, 0.15) is 11.4 Å². The Balaban J connectivity index is 1.57. The van der Waals surface area contributed by atoms with Crippen LogP contribution in [-0.4, -0.2) is 21.1 Å². The highest BCUT2D eigenvalue weighted by Gasteiger charge is 2.17. The molecule has 1 aliphatic rings. The van der Waals surface area contributed by atoms with Crippen LogP contribution < -0.4 is 15.6 Å². The molecule has 1 aliphatic heterocycles. The number of hydrogen-bond donors (Lipinski definition) is 1. The van der Waals surface area contributed by atoms with Gasteiger partial charge in [-0.2, -0.15) is 4.98 Å². The predicted octanol–water partition coefficient (Wildman–Crippen LogP) is 4.98. The van der Waals surface area contributed by atoms with Gasteiger partial charge in [0, 0.05) is 42.4 Å². The number of pyridine rings is 1. The SMILES string of the molecule is Cn1c(=O)c(-c2c(Cl)cccc2Cl)cc2cnc(Nc3ccc4c(c3)OCC4)nc21. The van der Waals surface area contributed by atoms with E-state index < -0.39 is 0 Å². The lowest BCUT2D eigenvalue weighted by atomic mass is 10.1. The summed E-state index contributed by atoms with van der Waals surface area (Å²) in [4.78, 5) is 22.0. The Morgan fingerprint density at radius 3 is 2.73 bits per heavy atom. The van der Waals surface area contributed by atoms with Gasteiger partial charge in [0.15, 0.2) is 0 Å². The highest BCUT2D eigenvalue weighted by Crippen LogP contribution is 2.34. The van der Waals surface area contributed by atoms with E-state index >= 15 is 0 Å². The molecule has 30 heavy (non-hydrogen) atoms. The van der Waals surface area contributed by atoms with Gasteiger partial charge in [0.2, 0.25) is 5.95 Å². The standard InChI is InChI=1S/C22H16Cl2N4O2/c1-28-20-13(9-15(21(28)29)19-16(23)3-2-4-17(19)24)11-25-22(27-20)26-14-6-5-12-7-8-30-18(12)10-14/h2-6,9-11H,7-8H2,1H3,(H,25,26,27). The zero-order valence-electron chi connectivity index (χ0n) is 15.9. The maximum atomic E-state index is 13.0. The second-order valence-electron chi connectivity index (χ2n) is 7.04. The number of aromatic nitrogens is 3. The first-order valence-electron chi connectivity index (χ1n) is 9.35. The molecular weight excluding hydrogens is 423 g/mol. The quantitative estimate of drug-likeness (QED) is 0.488. The van der Waals surface area contributed by atoms with Gasteiger partial charge in [-0.05, 0) is 29.8 Å². The second-order valence-corrected chi connectivity index (χ2v) is 7.85. The topological polar surface area (TPSA) is 69.0 Å². The Kier molecular flexibility index (Phi) is 4.60. The Morgan fingerprint density at radius 2 is 1.93 bits per heavy atom. The third-order valence-electron chi connectivity index (χ3n) is 5.13. The zero-order valence-corrected chi connectivity index (χ0v) is 17.5. The number of ether oxygens (including phenoxy) is 1. The van der Waals surface area contributed by atoms with Crippen LogP contribution in [0.5, 0.6) is 5.75 Å². The Labute approximate surface area is 182 Å². The van der Waals surface area contributed by atoms with Crippen LogP contribution in [0.15, 0.2) is 53.5 Å². The van der Waals surface area contributed by atoms with Crippen LogP contribution in [0.1, 0.15) is 5.56 Å². The van der Waals surface area contributed by atoms with Crippen molar-refractivity contribution in [3.8, 4) is 16.9 Å². The van der Waals surface area contributed by atoms with Gasteiger partial charge in [0.05, 0.1) is 22.2 Å². The largest absolute Gasteiger partial charge is 0.493 e. The lowest BCUT2D eigenvalue weighted by Gasteiger charge is -2.12. The van der Waals surface area contributed by atoms with Crippen LogP contribution in [0.2, 0.25) is 10.0 Å². The van der Waals surface area contributed by atoms with Gasteiger partial charge in [-0.15, -0.1) is 0 Å². The fraction of sp³-hybridized carbons (Fsp3) is 0.136. The highest BCUT2D eigenvalue weighted by molar-refractivity contribution is 6.39. The molecule has 0 saturated heterocycles. The highest BCUT2D eigenvalue weighted by atomic mass is 35.5. The molecule has 150 valence electrons. The normalized spacial score (nSPS) is 12.6. The van der Waals surface area contributed by atoms with Crippen molar-refractivity contribution in [2.75, 3.05) is 11.9 Å². The number of anilines is 2.